The van der Waals surface area contributed by atoms with E-state index in [0.717, 1.165) is 5.56 Å². The van der Waals surface area contributed by atoms with Crippen LogP contribution in [0.25, 0.3) is 11.3 Å². The first-order valence-corrected chi connectivity index (χ1v) is 7.18. The van der Waals surface area contributed by atoms with Crippen LogP contribution in [0.1, 0.15) is 15.9 Å². The predicted octanol–water partition coefficient (Wildman–Crippen LogP) is 3.36. The third kappa shape index (κ3) is 3.08. The van der Waals surface area contributed by atoms with E-state index >= 15 is 0 Å². The van der Waals surface area contributed by atoms with Crippen LogP contribution in [0.4, 0.5) is 0 Å². The first-order chi connectivity index (χ1) is 11.2. The Morgan fingerprint density at radius 1 is 1.13 bits per heavy atom. The summed E-state index contributed by atoms with van der Waals surface area (Å²) in [5.41, 5.74) is 2.44. The van der Waals surface area contributed by atoms with Crippen molar-refractivity contribution >= 4 is 5.97 Å². The topological polar surface area (TPSA) is 64.4 Å². The van der Waals surface area contributed by atoms with Crippen molar-refractivity contribution in [3.8, 4) is 17.0 Å². The Balaban J connectivity index is 1.96. The van der Waals surface area contributed by atoms with Gasteiger partial charge in [0.2, 0.25) is 0 Å². The van der Waals surface area contributed by atoms with E-state index < -0.39 is 5.97 Å². The summed E-state index contributed by atoms with van der Waals surface area (Å²) in [7, 11) is 1.72. The van der Waals surface area contributed by atoms with Gasteiger partial charge in [-0.1, -0.05) is 42.5 Å². The lowest BCUT2D eigenvalue weighted by molar-refractivity contribution is 0.0697. The van der Waals surface area contributed by atoms with E-state index in [1.807, 2.05) is 54.6 Å². The van der Waals surface area contributed by atoms with Crippen molar-refractivity contribution in [1.82, 2.24) is 9.78 Å². The van der Waals surface area contributed by atoms with E-state index in [-0.39, 0.29) is 5.56 Å². The number of aryl methyl sites for hydroxylation is 1. The molecule has 23 heavy (non-hydrogen) atoms. The Hall–Kier alpha value is -3.08. The molecule has 0 bridgehead atoms. The highest BCUT2D eigenvalue weighted by molar-refractivity contribution is 5.95. The zero-order valence-corrected chi connectivity index (χ0v) is 12.6. The molecule has 0 aliphatic heterocycles. The maximum absolute atomic E-state index is 11.4. The second-order valence-electron chi connectivity index (χ2n) is 5.11. The second-order valence-corrected chi connectivity index (χ2v) is 5.11. The van der Waals surface area contributed by atoms with E-state index in [1.54, 1.807) is 11.7 Å². The molecule has 0 spiro atoms. The van der Waals surface area contributed by atoms with Crippen molar-refractivity contribution < 1.29 is 14.6 Å². The van der Waals surface area contributed by atoms with Crippen molar-refractivity contribution in [2.45, 2.75) is 6.61 Å². The van der Waals surface area contributed by atoms with E-state index in [4.69, 9.17) is 4.74 Å². The van der Waals surface area contributed by atoms with Crippen LogP contribution in [-0.4, -0.2) is 20.9 Å². The summed E-state index contributed by atoms with van der Waals surface area (Å²) < 4.78 is 7.45. The fraction of sp³-hybridized carbons (Fsp3) is 0.111. The number of hydrogen-bond donors (Lipinski definition) is 1. The molecule has 0 fully saturated rings. The van der Waals surface area contributed by atoms with Crippen molar-refractivity contribution in [3.05, 3.63) is 71.9 Å². The minimum atomic E-state index is -1.01. The average Bonchev–Trinajstić information content (AvgIpc) is 2.96. The molecule has 3 aromatic rings. The zero-order chi connectivity index (χ0) is 16.2. The number of nitrogens with zero attached hydrogens (tertiary/aromatic N) is 2. The number of aromatic nitrogens is 2. The SMILES string of the molecule is Cn1ncc(C(=O)O)c1-c1ccccc1OCc1ccccc1. The molecule has 0 saturated heterocycles. The Morgan fingerprint density at radius 2 is 1.83 bits per heavy atom. The molecule has 0 atom stereocenters. The first kappa shape index (κ1) is 14.8. The summed E-state index contributed by atoms with van der Waals surface area (Å²) in [6.45, 7) is 0.415. The molecule has 5 heteroatoms. The smallest absolute Gasteiger partial charge is 0.339 e. The lowest BCUT2D eigenvalue weighted by Crippen LogP contribution is -2.03. The number of benzene rings is 2. The van der Waals surface area contributed by atoms with Gasteiger partial charge >= 0.3 is 5.97 Å². The molecule has 5 nitrogen and oxygen atoms in total. The molecule has 1 heterocycles. The molecule has 116 valence electrons. The van der Waals surface area contributed by atoms with Gasteiger partial charge in [-0.15, -0.1) is 0 Å². The van der Waals surface area contributed by atoms with Crippen LogP contribution in [0.15, 0.2) is 60.8 Å². The third-order valence-electron chi connectivity index (χ3n) is 3.55. The number of para-hydroxylation sites is 1. The molecular formula is C18H16N2O3. The Morgan fingerprint density at radius 3 is 2.57 bits per heavy atom. The standard InChI is InChI=1S/C18H16N2O3/c1-20-17(15(11-19-20)18(21)22)14-9-5-6-10-16(14)23-12-13-7-3-2-4-8-13/h2-11H,12H2,1H3,(H,21,22). The number of rotatable bonds is 5. The number of hydrogen-bond acceptors (Lipinski definition) is 3. The fourth-order valence-electron chi connectivity index (χ4n) is 2.44. The van der Waals surface area contributed by atoms with Crippen LogP contribution < -0.4 is 4.74 Å². The summed E-state index contributed by atoms with van der Waals surface area (Å²) in [5.74, 6) is -0.381. The van der Waals surface area contributed by atoms with Gasteiger partial charge in [0.05, 0.1) is 11.9 Å². The van der Waals surface area contributed by atoms with Gasteiger partial charge in [0.15, 0.2) is 0 Å². The molecule has 0 saturated carbocycles. The van der Waals surface area contributed by atoms with Crippen LogP contribution in [0.3, 0.4) is 0 Å². The molecule has 0 aliphatic carbocycles. The van der Waals surface area contributed by atoms with Crippen LogP contribution >= 0.6 is 0 Å². The number of carbonyl (C=O) groups is 1. The number of ether oxygens (including phenoxy) is 1. The summed E-state index contributed by atoms with van der Waals surface area (Å²) in [6.07, 6.45) is 1.35. The average molecular weight is 308 g/mol. The van der Waals surface area contributed by atoms with Gasteiger partial charge in [0, 0.05) is 12.6 Å². The molecule has 1 aromatic heterocycles. The minimum Gasteiger partial charge on any atom is -0.488 e. The molecule has 0 amide bonds. The molecule has 3 rings (SSSR count). The van der Waals surface area contributed by atoms with Gasteiger partial charge in [0.25, 0.3) is 0 Å². The quantitative estimate of drug-likeness (QED) is 0.785. The van der Waals surface area contributed by atoms with Gasteiger partial charge in [-0.05, 0) is 17.7 Å². The second kappa shape index (κ2) is 6.36. The molecule has 1 N–H and O–H groups in total. The molecule has 2 aromatic carbocycles. The van der Waals surface area contributed by atoms with Gasteiger partial charge in [-0.2, -0.15) is 5.10 Å². The van der Waals surface area contributed by atoms with Crippen LogP contribution in [0.5, 0.6) is 5.75 Å². The van der Waals surface area contributed by atoms with E-state index in [1.165, 1.54) is 6.20 Å². The maximum Gasteiger partial charge on any atom is 0.339 e. The van der Waals surface area contributed by atoms with Gasteiger partial charge in [-0.3, -0.25) is 4.68 Å². The highest BCUT2D eigenvalue weighted by Gasteiger charge is 2.19. The van der Waals surface area contributed by atoms with Crippen molar-refractivity contribution in [2.75, 3.05) is 0 Å². The first-order valence-electron chi connectivity index (χ1n) is 7.18. The Bertz CT molecular complexity index is 825. The largest absolute Gasteiger partial charge is 0.488 e. The van der Waals surface area contributed by atoms with E-state index in [9.17, 15) is 9.90 Å². The van der Waals surface area contributed by atoms with Gasteiger partial charge in [-0.25, -0.2) is 4.79 Å². The van der Waals surface area contributed by atoms with E-state index in [2.05, 4.69) is 5.10 Å². The molecule has 0 aliphatic rings. The number of carboxylic acid groups (broad SMARTS) is 1. The van der Waals surface area contributed by atoms with Crippen LogP contribution in [0.2, 0.25) is 0 Å². The predicted molar refractivity (Wildman–Crippen MR) is 86.4 cm³/mol. The van der Waals surface area contributed by atoms with Crippen molar-refractivity contribution in [1.29, 1.82) is 0 Å². The number of aromatic carboxylic acids is 1. The van der Waals surface area contributed by atoms with Crippen molar-refractivity contribution in [3.63, 3.8) is 0 Å². The highest BCUT2D eigenvalue weighted by Crippen LogP contribution is 2.32. The third-order valence-corrected chi connectivity index (χ3v) is 3.55. The summed E-state index contributed by atoms with van der Waals surface area (Å²) >= 11 is 0. The minimum absolute atomic E-state index is 0.156. The fourth-order valence-corrected chi connectivity index (χ4v) is 2.44. The van der Waals surface area contributed by atoms with Crippen LogP contribution in [-0.2, 0) is 13.7 Å². The zero-order valence-electron chi connectivity index (χ0n) is 12.6. The Kier molecular flexibility index (Phi) is 4.10. The lowest BCUT2D eigenvalue weighted by atomic mass is 10.1. The van der Waals surface area contributed by atoms with Gasteiger partial charge in [0.1, 0.15) is 17.9 Å². The van der Waals surface area contributed by atoms with Gasteiger partial charge < -0.3 is 9.84 Å². The monoisotopic (exact) mass is 308 g/mol. The van der Waals surface area contributed by atoms with Crippen LogP contribution in [0, 0.1) is 0 Å². The lowest BCUT2D eigenvalue weighted by Gasteiger charge is -2.12. The highest BCUT2D eigenvalue weighted by atomic mass is 16.5. The summed E-state index contributed by atoms with van der Waals surface area (Å²) in [6, 6.07) is 17.2. The molecule has 0 radical (unpaired) electrons. The van der Waals surface area contributed by atoms with Crippen molar-refractivity contribution in [2.24, 2.45) is 7.05 Å². The molecular weight excluding hydrogens is 292 g/mol. The normalized spacial score (nSPS) is 10.5. The summed E-state index contributed by atoms with van der Waals surface area (Å²) in [5, 5.41) is 13.4. The summed E-state index contributed by atoms with van der Waals surface area (Å²) in [4.78, 5) is 11.4. The Labute approximate surface area is 133 Å². The number of carboxylic acids is 1. The maximum atomic E-state index is 11.4. The van der Waals surface area contributed by atoms with E-state index in [0.29, 0.717) is 23.6 Å². The molecule has 0 unspecified atom stereocenters.